The van der Waals surface area contributed by atoms with Gasteiger partial charge in [-0.25, -0.2) is 0 Å². The van der Waals surface area contributed by atoms with Crippen LogP contribution in [0.5, 0.6) is 0 Å². The van der Waals surface area contributed by atoms with Gasteiger partial charge in [-0.3, -0.25) is 9.36 Å². The molecule has 0 radical (unpaired) electrons. The maximum absolute atomic E-state index is 12.7. The molecule has 0 aliphatic rings. The molecule has 62 heavy (non-hydrogen) atoms. The van der Waals surface area contributed by atoms with Gasteiger partial charge in [0.05, 0.1) is 34.4 Å². The van der Waals surface area contributed by atoms with Gasteiger partial charge in [0, 0.05) is 13.0 Å². The van der Waals surface area contributed by atoms with Gasteiger partial charge < -0.3 is 27.9 Å². The zero-order valence-corrected chi connectivity index (χ0v) is 42.0. The van der Waals surface area contributed by atoms with Crippen molar-refractivity contribution in [1.82, 2.24) is 0 Å². The summed E-state index contributed by atoms with van der Waals surface area (Å²) in [5, 5.41) is 0. The van der Waals surface area contributed by atoms with E-state index in [1.54, 1.807) is 0 Å². The van der Waals surface area contributed by atoms with Crippen molar-refractivity contribution in [3.05, 3.63) is 60.8 Å². The van der Waals surface area contributed by atoms with Crippen molar-refractivity contribution in [2.45, 2.75) is 219 Å². The van der Waals surface area contributed by atoms with Crippen molar-refractivity contribution >= 4 is 13.8 Å². The maximum atomic E-state index is 12.7. The van der Waals surface area contributed by atoms with Crippen molar-refractivity contribution in [1.29, 1.82) is 0 Å². The fraction of sp³-hybridized carbons (Fsp3) is 0.792. The molecule has 0 heterocycles. The molecular weight excluding hydrogens is 794 g/mol. The molecule has 0 saturated heterocycles. The fourth-order valence-corrected chi connectivity index (χ4v) is 7.61. The summed E-state index contributed by atoms with van der Waals surface area (Å²) in [6.45, 7) is 5.29. The average Bonchev–Trinajstić information content (AvgIpc) is 3.23. The van der Waals surface area contributed by atoms with Crippen LogP contribution in [0.25, 0.3) is 0 Å². The minimum absolute atomic E-state index is 0.0221. The number of unbranched alkanes of at least 4 members (excludes halogenated alkanes) is 23. The first-order chi connectivity index (χ1) is 30.1. The summed E-state index contributed by atoms with van der Waals surface area (Å²) < 4.78 is 34.7. The van der Waals surface area contributed by atoms with Crippen molar-refractivity contribution in [2.24, 2.45) is 0 Å². The molecule has 0 saturated carbocycles. The van der Waals surface area contributed by atoms with E-state index in [2.05, 4.69) is 74.6 Å². The number of carbonyl (C=O) groups excluding carboxylic acids is 1. The lowest BCUT2D eigenvalue weighted by molar-refractivity contribution is -0.870. The number of allylic oxidation sites excluding steroid dienone is 10. The number of esters is 1. The highest BCUT2D eigenvalue weighted by Crippen LogP contribution is 2.38. The number of rotatable bonds is 47. The number of ether oxygens (including phenoxy) is 2. The van der Waals surface area contributed by atoms with E-state index in [9.17, 15) is 14.3 Å². The van der Waals surface area contributed by atoms with Crippen LogP contribution in [0.4, 0.5) is 0 Å². The molecule has 2 unspecified atom stereocenters. The molecule has 0 spiro atoms. The van der Waals surface area contributed by atoms with E-state index >= 15 is 0 Å². The highest BCUT2D eigenvalue weighted by atomic mass is 31.2. The molecule has 0 bridgehead atoms. The molecule has 0 N–H and O–H groups in total. The van der Waals surface area contributed by atoms with E-state index in [1.807, 2.05) is 21.1 Å². The molecule has 2 atom stereocenters. The Kier molecular flexibility index (Phi) is 44.4. The van der Waals surface area contributed by atoms with Crippen molar-refractivity contribution < 1.29 is 37.3 Å². The molecule has 0 aromatic rings. The Morgan fingerprint density at radius 2 is 0.935 bits per heavy atom. The number of quaternary nitrogens is 1. The third-order valence-corrected chi connectivity index (χ3v) is 11.8. The van der Waals surface area contributed by atoms with Gasteiger partial charge >= 0.3 is 5.97 Å². The lowest BCUT2D eigenvalue weighted by atomic mass is 10.1. The third kappa shape index (κ3) is 49.2. The minimum atomic E-state index is -4.54. The van der Waals surface area contributed by atoms with Gasteiger partial charge in [-0.05, 0) is 77.0 Å². The number of likely N-dealkylation sites (N-methyl/N-ethyl adjacent to an activating group) is 1. The molecule has 362 valence electrons. The largest absolute Gasteiger partial charge is 0.756 e. The van der Waals surface area contributed by atoms with Gasteiger partial charge in [-0.1, -0.05) is 190 Å². The Balaban J connectivity index is 4.16. The van der Waals surface area contributed by atoms with Crippen LogP contribution < -0.4 is 4.89 Å². The fourth-order valence-electron chi connectivity index (χ4n) is 6.89. The van der Waals surface area contributed by atoms with Crippen LogP contribution in [0.3, 0.4) is 0 Å². The van der Waals surface area contributed by atoms with Gasteiger partial charge in [0.1, 0.15) is 19.3 Å². The predicted octanol–water partition coefficient (Wildman–Crippen LogP) is 15.0. The van der Waals surface area contributed by atoms with Crippen molar-refractivity contribution in [3.63, 3.8) is 0 Å². The SMILES string of the molecule is CC/C=C\C/C=C\C/C=C\C/C=C\CCCCCCCCCCCOCC(COP(=O)([O-])OCC[N+](C)(C)C)OC(=O)CCCCCCCCC/C=C\CCCCCCCCC. The monoisotopic (exact) mass is 892 g/mol. The average molecular weight is 892 g/mol. The highest BCUT2D eigenvalue weighted by Gasteiger charge is 2.20. The molecule has 0 amide bonds. The molecule has 0 aromatic heterocycles. The molecule has 0 rings (SSSR count). The van der Waals surface area contributed by atoms with E-state index in [0.717, 1.165) is 57.8 Å². The van der Waals surface area contributed by atoms with Crippen LogP contribution >= 0.6 is 7.82 Å². The number of phosphoric acid groups is 1. The van der Waals surface area contributed by atoms with E-state index in [0.29, 0.717) is 24.1 Å². The second kappa shape index (κ2) is 45.8. The lowest BCUT2D eigenvalue weighted by Gasteiger charge is -2.28. The molecule has 8 nitrogen and oxygen atoms in total. The quantitative estimate of drug-likeness (QED) is 0.0197. The Morgan fingerprint density at radius 1 is 0.516 bits per heavy atom. The summed E-state index contributed by atoms with van der Waals surface area (Å²) in [6, 6.07) is 0. The number of hydrogen-bond acceptors (Lipinski definition) is 7. The summed E-state index contributed by atoms with van der Waals surface area (Å²) in [5.41, 5.74) is 0. The zero-order chi connectivity index (χ0) is 45.5. The molecule has 0 aliphatic carbocycles. The number of hydrogen-bond donors (Lipinski definition) is 0. The topological polar surface area (TPSA) is 94.1 Å². The minimum Gasteiger partial charge on any atom is -0.756 e. The highest BCUT2D eigenvalue weighted by molar-refractivity contribution is 7.45. The van der Waals surface area contributed by atoms with Crippen LogP contribution in [-0.4, -0.2) is 70.7 Å². The van der Waals surface area contributed by atoms with Gasteiger partial charge in [0.2, 0.25) is 0 Å². The van der Waals surface area contributed by atoms with Crippen LogP contribution in [0.15, 0.2) is 60.8 Å². The lowest BCUT2D eigenvalue weighted by Crippen LogP contribution is -2.37. The molecular formula is C53H98NO7P. The number of nitrogens with zero attached hydrogens (tertiary/aromatic N) is 1. The summed E-state index contributed by atoms with van der Waals surface area (Å²) in [5.74, 6) is -0.341. The van der Waals surface area contributed by atoms with Gasteiger partial charge in [-0.15, -0.1) is 0 Å². The van der Waals surface area contributed by atoms with E-state index in [4.69, 9.17) is 18.5 Å². The number of carbonyl (C=O) groups is 1. The van der Waals surface area contributed by atoms with Gasteiger partial charge in [-0.2, -0.15) is 0 Å². The van der Waals surface area contributed by atoms with Gasteiger partial charge in [0.25, 0.3) is 7.82 Å². The Morgan fingerprint density at radius 3 is 1.42 bits per heavy atom. The van der Waals surface area contributed by atoms with E-state index in [-0.39, 0.29) is 25.8 Å². The Bertz CT molecular complexity index is 1170. The molecule has 0 aliphatic heterocycles. The summed E-state index contributed by atoms with van der Waals surface area (Å²) in [4.78, 5) is 25.2. The standard InChI is InChI=1S/C53H98NO7P/c1-6-8-10-12-14-16-18-20-22-24-26-27-28-29-31-33-35-37-39-41-43-45-48-58-50-52(51-60-62(56,57)59-49-47-54(3,4)5)61-53(55)46-44-42-40-38-36-34-32-30-25-23-21-19-17-15-13-11-9-7-2/h8,10,14,16,20,22-23,25-27,52H,6-7,9,11-13,15,17-19,21,24,28-51H2,1-5H3/b10-8-,16-14-,22-20-,25-23-,27-26-. The van der Waals surface area contributed by atoms with Crippen LogP contribution in [0.2, 0.25) is 0 Å². The van der Waals surface area contributed by atoms with E-state index in [1.165, 1.54) is 135 Å². The van der Waals surface area contributed by atoms with Gasteiger partial charge in [0.15, 0.2) is 0 Å². The smallest absolute Gasteiger partial charge is 0.306 e. The first-order valence-electron chi connectivity index (χ1n) is 25.5. The van der Waals surface area contributed by atoms with Crippen molar-refractivity contribution in [2.75, 3.05) is 54.1 Å². The Hall–Kier alpha value is -1.80. The predicted molar refractivity (Wildman–Crippen MR) is 263 cm³/mol. The first kappa shape index (κ1) is 60.2. The van der Waals surface area contributed by atoms with Crippen LogP contribution in [-0.2, 0) is 27.9 Å². The van der Waals surface area contributed by atoms with Crippen LogP contribution in [0, 0.1) is 0 Å². The molecule has 9 heteroatoms. The van der Waals surface area contributed by atoms with Crippen LogP contribution in [0.1, 0.15) is 213 Å². The van der Waals surface area contributed by atoms with Crippen molar-refractivity contribution in [3.8, 4) is 0 Å². The zero-order valence-electron chi connectivity index (χ0n) is 41.1. The second-order valence-corrected chi connectivity index (χ2v) is 19.6. The normalized spacial score (nSPS) is 14.1. The molecule has 0 fully saturated rings. The Labute approximate surface area is 383 Å². The number of phosphoric ester groups is 1. The maximum Gasteiger partial charge on any atom is 0.306 e. The first-order valence-corrected chi connectivity index (χ1v) is 27.0. The summed E-state index contributed by atoms with van der Waals surface area (Å²) in [6.07, 6.45) is 58.1. The molecule has 0 aromatic carbocycles. The van der Waals surface area contributed by atoms with E-state index < -0.39 is 13.9 Å². The summed E-state index contributed by atoms with van der Waals surface area (Å²) >= 11 is 0. The third-order valence-electron chi connectivity index (χ3n) is 10.8. The summed E-state index contributed by atoms with van der Waals surface area (Å²) in [7, 11) is 1.35. The second-order valence-electron chi connectivity index (χ2n) is 18.1.